The lowest BCUT2D eigenvalue weighted by Crippen LogP contribution is -2.48. The topological polar surface area (TPSA) is 32.8 Å². The number of carbonyl (C=O) groups is 1. The van der Waals surface area contributed by atoms with Gasteiger partial charge in [-0.05, 0) is 19.4 Å². The Hall–Kier alpha value is -1.65. The standard InChI is InChI=1S/C19H24N2O2/c1-14(2)8-10-20-11-9-19-17(20)12-18(22)21(19)16(13-23-19)15-6-4-3-5-7-15/h3-8,16-17H,9-13H2,1-2H3/t16-,17+,19-/m0/s1. The molecule has 0 unspecified atom stereocenters. The number of carbonyl (C=O) groups excluding carboxylic acids is 1. The lowest BCUT2D eigenvalue weighted by atomic mass is 10.0. The van der Waals surface area contributed by atoms with E-state index < -0.39 is 5.72 Å². The van der Waals surface area contributed by atoms with Gasteiger partial charge in [0.05, 0.1) is 18.7 Å². The third kappa shape index (κ3) is 2.24. The molecule has 4 heteroatoms. The van der Waals surface area contributed by atoms with Gasteiger partial charge in [0, 0.05) is 25.9 Å². The van der Waals surface area contributed by atoms with Gasteiger partial charge in [0.1, 0.15) is 0 Å². The highest BCUT2D eigenvalue weighted by atomic mass is 16.5. The number of hydrogen-bond acceptors (Lipinski definition) is 3. The minimum Gasteiger partial charge on any atom is -0.351 e. The van der Waals surface area contributed by atoms with E-state index in [0.717, 1.165) is 19.5 Å². The Morgan fingerprint density at radius 3 is 2.87 bits per heavy atom. The van der Waals surface area contributed by atoms with Gasteiger partial charge in [-0.3, -0.25) is 9.69 Å². The number of rotatable bonds is 3. The molecule has 1 spiro atoms. The van der Waals surface area contributed by atoms with Crippen molar-refractivity contribution in [2.75, 3.05) is 19.7 Å². The van der Waals surface area contributed by atoms with Crippen molar-refractivity contribution in [3.63, 3.8) is 0 Å². The monoisotopic (exact) mass is 312 g/mol. The average molecular weight is 312 g/mol. The summed E-state index contributed by atoms with van der Waals surface area (Å²) in [6.45, 7) is 6.77. The second kappa shape index (κ2) is 5.46. The van der Waals surface area contributed by atoms with E-state index in [4.69, 9.17) is 4.74 Å². The van der Waals surface area contributed by atoms with Gasteiger partial charge < -0.3 is 9.64 Å². The first kappa shape index (κ1) is 14.9. The Kier molecular flexibility index (Phi) is 3.54. The SMILES string of the molecule is CC(C)=CCN1CC[C@@]23OC[C@@H](c4ccccc4)N2C(=O)C[C@@H]13. The van der Waals surface area contributed by atoms with E-state index in [1.165, 1.54) is 11.1 Å². The summed E-state index contributed by atoms with van der Waals surface area (Å²) < 4.78 is 6.31. The summed E-state index contributed by atoms with van der Waals surface area (Å²) in [4.78, 5) is 17.2. The third-order valence-corrected chi connectivity index (χ3v) is 5.48. The van der Waals surface area contributed by atoms with E-state index in [2.05, 4.69) is 41.9 Å². The first-order chi connectivity index (χ1) is 11.1. The molecule has 0 saturated carbocycles. The van der Waals surface area contributed by atoms with Crippen LogP contribution in [0.1, 0.15) is 38.3 Å². The smallest absolute Gasteiger partial charge is 0.227 e. The fourth-order valence-electron chi connectivity index (χ4n) is 4.37. The van der Waals surface area contributed by atoms with Gasteiger partial charge in [0.25, 0.3) is 0 Å². The average Bonchev–Trinajstić information content (AvgIpc) is 3.16. The first-order valence-electron chi connectivity index (χ1n) is 8.50. The molecule has 0 N–H and O–H groups in total. The number of hydrogen-bond donors (Lipinski definition) is 0. The van der Waals surface area contributed by atoms with Gasteiger partial charge in [-0.15, -0.1) is 0 Å². The lowest BCUT2D eigenvalue weighted by Gasteiger charge is -2.33. The van der Waals surface area contributed by atoms with Crippen molar-refractivity contribution in [2.45, 2.75) is 44.5 Å². The Morgan fingerprint density at radius 2 is 2.13 bits per heavy atom. The highest BCUT2D eigenvalue weighted by Crippen LogP contribution is 2.51. The molecule has 1 aromatic carbocycles. The number of amides is 1. The summed E-state index contributed by atoms with van der Waals surface area (Å²) in [6, 6.07) is 10.5. The van der Waals surface area contributed by atoms with E-state index in [0.29, 0.717) is 13.0 Å². The second-order valence-electron chi connectivity index (χ2n) is 7.09. The molecule has 3 atom stereocenters. The van der Waals surface area contributed by atoms with Gasteiger partial charge in [-0.2, -0.15) is 0 Å². The molecule has 23 heavy (non-hydrogen) atoms. The van der Waals surface area contributed by atoms with Gasteiger partial charge in [-0.25, -0.2) is 0 Å². The maximum atomic E-state index is 12.7. The predicted octanol–water partition coefficient (Wildman–Crippen LogP) is 2.73. The summed E-state index contributed by atoms with van der Waals surface area (Å²) in [5.74, 6) is 0.239. The van der Waals surface area contributed by atoms with Crippen LogP contribution in [0.15, 0.2) is 42.0 Å². The van der Waals surface area contributed by atoms with Crippen LogP contribution in [-0.4, -0.2) is 47.2 Å². The Labute approximate surface area is 137 Å². The molecule has 0 bridgehead atoms. The molecule has 3 aliphatic heterocycles. The zero-order chi connectivity index (χ0) is 16.0. The molecule has 0 aliphatic carbocycles. The van der Waals surface area contributed by atoms with Crippen molar-refractivity contribution in [1.29, 1.82) is 0 Å². The molecular formula is C19H24N2O2. The minimum absolute atomic E-state index is 0.0668. The number of benzene rings is 1. The molecular weight excluding hydrogens is 288 g/mol. The third-order valence-electron chi connectivity index (χ3n) is 5.48. The molecule has 3 heterocycles. The Bertz CT molecular complexity index is 638. The molecule has 1 amide bonds. The molecule has 0 radical (unpaired) electrons. The largest absolute Gasteiger partial charge is 0.351 e. The number of allylic oxidation sites excluding steroid dienone is 1. The van der Waals surface area contributed by atoms with Crippen LogP contribution in [0.4, 0.5) is 0 Å². The summed E-state index contributed by atoms with van der Waals surface area (Å²) in [5.41, 5.74) is 2.11. The summed E-state index contributed by atoms with van der Waals surface area (Å²) in [5, 5.41) is 0. The van der Waals surface area contributed by atoms with E-state index in [1.807, 2.05) is 18.2 Å². The van der Waals surface area contributed by atoms with Crippen LogP contribution in [0.25, 0.3) is 0 Å². The zero-order valence-electron chi connectivity index (χ0n) is 13.9. The van der Waals surface area contributed by atoms with E-state index in [-0.39, 0.29) is 18.0 Å². The van der Waals surface area contributed by atoms with Crippen molar-refractivity contribution in [1.82, 2.24) is 9.80 Å². The molecule has 4 nitrogen and oxygen atoms in total. The normalized spacial score (nSPS) is 33.0. The predicted molar refractivity (Wildman–Crippen MR) is 88.7 cm³/mol. The number of likely N-dealkylation sites (tertiary alicyclic amines) is 1. The highest BCUT2D eigenvalue weighted by molar-refractivity contribution is 5.82. The molecule has 3 fully saturated rings. The minimum atomic E-state index is -0.396. The molecule has 122 valence electrons. The van der Waals surface area contributed by atoms with Crippen LogP contribution in [-0.2, 0) is 9.53 Å². The summed E-state index contributed by atoms with van der Waals surface area (Å²) >= 11 is 0. The molecule has 0 aromatic heterocycles. The fourth-order valence-corrected chi connectivity index (χ4v) is 4.37. The maximum absolute atomic E-state index is 12.7. The van der Waals surface area contributed by atoms with E-state index >= 15 is 0 Å². The quantitative estimate of drug-likeness (QED) is 0.805. The number of ether oxygens (including phenoxy) is 1. The molecule has 1 aromatic rings. The van der Waals surface area contributed by atoms with Crippen molar-refractivity contribution >= 4 is 5.91 Å². The first-order valence-corrected chi connectivity index (χ1v) is 8.50. The maximum Gasteiger partial charge on any atom is 0.227 e. The van der Waals surface area contributed by atoms with Crippen LogP contribution < -0.4 is 0 Å². The molecule has 4 rings (SSSR count). The van der Waals surface area contributed by atoms with E-state index in [1.54, 1.807) is 0 Å². The number of nitrogens with zero attached hydrogens (tertiary/aromatic N) is 2. The van der Waals surface area contributed by atoms with Crippen molar-refractivity contribution in [3.8, 4) is 0 Å². The van der Waals surface area contributed by atoms with Crippen LogP contribution in [0.5, 0.6) is 0 Å². The molecule has 3 aliphatic rings. The summed E-state index contributed by atoms with van der Waals surface area (Å²) in [6.07, 6.45) is 3.75. The van der Waals surface area contributed by atoms with Gasteiger partial charge >= 0.3 is 0 Å². The molecule has 3 saturated heterocycles. The van der Waals surface area contributed by atoms with Gasteiger partial charge in [0.2, 0.25) is 5.91 Å². The van der Waals surface area contributed by atoms with Crippen molar-refractivity contribution in [3.05, 3.63) is 47.5 Å². The fraction of sp³-hybridized carbons (Fsp3) is 0.526. The Balaban J connectivity index is 1.62. The van der Waals surface area contributed by atoms with Crippen LogP contribution >= 0.6 is 0 Å². The highest BCUT2D eigenvalue weighted by Gasteiger charge is 2.64. The second-order valence-corrected chi connectivity index (χ2v) is 7.09. The zero-order valence-corrected chi connectivity index (χ0v) is 13.9. The van der Waals surface area contributed by atoms with Crippen molar-refractivity contribution < 1.29 is 9.53 Å². The van der Waals surface area contributed by atoms with E-state index in [9.17, 15) is 4.79 Å². The van der Waals surface area contributed by atoms with Crippen LogP contribution in [0, 0.1) is 0 Å². The van der Waals surface area contributed by atoms with Crippen LogP contribution in [0.2, 0.25) is 0 Å². The van der Waals surface area contributed by atoms with Crippen LogP contribution in [0.3, 0.4) is 0 Å². The Morgan fingerprint density at radius 1 is 1.35 bits per heavy atom. The lowest BCUT2D eigenvalue weighted by molar-refractivity contribution is -0.138. The van der Waals surface area contributed by atoms with Gasteiger partial charge in [-0.1, -0.05) is 42.0 Å². The van der Waals surface area contributed by atoms with Crippen molar-refractivity contribution in [2.24, 2.45) is 0 Å². The summed E-state index contributed by atoms with van der Waals surface area (Å²) in [7, 11) is 0. The van der Waals surface area contributed by atoms with Gasteiger partial charge in [0.15, 0.2) is 5.72 Å².